The largest absolute Gasteiger partial charge is 1.00 e. The van der Waals surface area contributed by atoms with Crippen molar-refractivity contribution in [2.75, 3.05) is 6.61 Å². The number of carbonyl (C=O) groups is 2. The zero-order chi connectivity index (χ0) is 17.9. The predicted molar refractivity (Wildman–Crippen MR) is 77.5 cm³/mol. The fraction of sp³-hybridized carbons (Fsp3) is 0.538. The molecule has 2 aliphatic heterocycles. The molecule has 12 heteroatoms. The summed E-state index contributed by atoms with van der Waals surface area (Å²) in [4.78, 5) is 24.4. The Morgan fingerprint density at radius 3 is 2.68 bits per heavy atom. The maximum absolute atomic E-state index is 12.6. The molecule has 25 heavy (non-hydrogen) atoms. The van der Waals surface area contributed by atoms with Gasteiger partial charge in [0.15, 0.2) is 15.2 Å². The molecular weight excluding hydrogens is 363 g/mol. The number of hydrogen-bond acceptors (Lipinski definition) is 8. The predicted octanol–water partition coefficient (Wildman–Crippen LogP) is -5.85. The summed E-state index contributed by atoms with van der Waals surface area (Å²) >= 11 is 0. The molecule has 0 saturated carbocycles. The van der Waals surface area contributed by atoms with E-state index in [2.05, 4.69) is 10.3 Å². The van der Waals surface area contributed by atoms with Crippen molar-refractivity contribution < 1.29 is 57.8 Å². The fourth-order valence-corrected chi connectivity index (χ4v) is 5.19. The van der Waals surface area contributed by atoms with Crippen LogP contribution in [0.15, 0.2) is 11.8 Å². The number of aromatic nitrogens is 3. The van der Waals surface area contributed by atoms with Gasteiger partial charge < -0.3 is 19.9 Å². The number of aliphatic hydroxyl groups is 1. The summed E-state index contributed by atoms with van der Waals surface area (Å²) in [6.07, 6.45) is 2.72. The third kappa shape index (κ3) is 2.74. The van der Waals surface area contributed by atoms with Crippen LogP contribution in [0, 0.1) is 0 Å². The second kappa shape index (κ2) is 6.47. The molecule has 2 aliphatic rings. The Bertz CT molecular complexity index is 862. The van der Waals surface area contributed by atoms with Crippen molar-refractivity contribution in [3.05, 3.63) is 17.5 Å². The zero-order valence-electron chi connectivity index (χ0n) is 13.9. The van der Waals surface area contributed by atoms with E-state index in [-0.39, 0.29) is 54.0 Å². The summed E-state index contributed by atoms with van der Waals surface area (Å²) in [5.41, 5.74) is 0.194. The van der Waals surface area contributed by atoms with Gasteiger partial charge in [0.05, 0.1) is 41.7 Å². The van der Waals surface area contributed by atoms with E-state index >= 15 is 0 Å². The summed E-state index contributed by atoms with van der Waals surface area (Å²) in [7, 11) is -3.94. The summed E-state index contributed by atoms with van der Waals surface area (Å²) in [6, 6.07) is -1.54. The smallest absolute Gasteiger partial charge is 0.548 e. The molecule has 1 N–H and O–H groups in total. The van der Waals surface area contributed by atoms with Crippen LogP contribution in [0.2, 0.25) is 0 Å². The Kier molecular flexibility index (Phi) is 5.19. The number of carboxylic acid groups (broad SMARTS) is 1. The van der Waals surface area contributed by atoms with E-state index in [1.807, 2.05) is 0 Å². The summed E-state index contributed by atoms with van der Waals surface area (Å²) < 4.78 is 25.0. The fourth-order valence-electron chi connectivity index (χ4n) is 3.07. The van der Waals surface area contributed by atoms with Gasteiger partial charge in [-0.3, -0.25) is 4.79 Å². The average molecular weight is 378 g/mol. The minimum atomic E-state index is -3.94. The van der Waals surface area contributed by atoms with E-state index in [0.717, 1.165) is 4.90 Å². The molecule has 1 aromatic rings. The molecule has 0 spiro atoms. The van der Waals surface area contributed by atoms with Crippen molar-refractivity contribution in [3.63, 3.8) is 0 Å². The standard InChI is InChI=1S/C13H16N4O6S.Na/c1-13(2)9(12(20)21)17-10(19)8(11(17)24(13,22)23)5-7-6-16(3-4-18)15-14-7;/h5-6,9,11,18H,3-4H2,1-2H3,(H,20,21);/q;+1/p-1/b8-5+;/t9-,11+;/m0./s1. The Morgan fingerprint density at radius 2 is 2.12 bits per heavy atom. The molecule has 10 nitrogen and oxygen atoms in total. The number of nitrogens with zero attached hydrogens (tertiary/aromatic N) is 4. The first-order valence-corrected chi connectivity index (χ1v) is 8.67. The van der Waals surface area contributed by atoms with Crippen molar-refractivity contribution in [2.45, 2.75) is 36.6 Å². The first kappa shape index (κ1) is 20.0. The Balaban J connectivity index is 0.00000225. The van der Waals surface area contributed by atoms with Gasteiger partial charge in [-0.25, -0.2) is 13.1 Å². The molecular formula is C13H15N4NaO6S. The van der Waals surface area contributed by atoms with Crippen molar-refractivity contribution >= 4 is 27.8 Å². The molecule has 3 rings (SSSR count). The summed E-state index contributed by atoms with van der Waals surface area (Å²) in [5, 5.41) is 26.3. The van der Waals surface area contributed by atoms with E-state index in [1.165, 1.54) is 30.8 Å². The van der Waals surface area contributed by atoms with Gasteiger partial charge in [0, 0.05) is 0 Å². The van der Waals surface area contributed by atoms with E-state index in [9.17, 15) is 23.1 Å². The maximum atomic E-state index is 12.6. The van der Waals surface area contributed by atoms with E-state index in [1.54, 1.807) is 0 Å². The summed E-state index contributed by atoms with van der Waals surface area (Å²) in [5.74, 6) is -2.28. The monoisotopic (exact) mass is 378 g/mol. The zero-order valence-corrected chi connectivity index (χ0v) is 16.7. The van der Waals surface area contributed by atoms with Gasteiger partial charge in [0.1, 0.15) is 5.69 Å². The number of aliphatic hydroxyl groups excluding tert-OH is 1. The molecule has 0 bridgehead atoms. The number of β-lactam (4-membered cyclic amide) rings is 1. The minimum absolute atomic E-state index is 0. The Labute approximate surface area is 165 Å². The van der Waals surface area contributed by atoms with Gasteiger partial charge in [-0.1, -0.05) is 5.21 Å². The van der Waals surface area contributed by atoms with Gasteiger partial charge in [-0.2, -0.15) is 0 Å². The van der Waals surface area contributed by atoms with Crippen LogP contribution >= 0.6 is 0 Å². The van der Waals surface area contributed by atoms with Crippen molar-refractivity contribution in [1.29, 1.82) is 0 Å². The van der Waals surface area contributed by atoms with Crippen LogP contribution in [0.1, 0.15) is 19.5 Å². The van der Waals surface area contributed by atoms with E-state index < -0.39 is 37.9 Å². The average Bonchev–Trinajstić information content (AvgIpc) is 2.96. The van der Waals surface area contributed by atoms with Crippen molar-refractivity contribution in [1.82, 2.24) is 19.9 Å². The van der Waals surface area contributed by atoms with Gasteiger partial charge >= 0.3 is 29.6 Å². The van der Waals surface area contributed by atoms with E-state index in [4.69, 9.17) is 5.11 Å². The van der Waals surface area contributed by atoms with Crippen LogP contribution < -0.4 is 34.7 Å². The topological polar surface area (TPSA) is 146 Å². The summed E-state index contributed by atoms with van der Waals surface area (Å²) in [6.45, 7) is 2.59. The minimum Gasteiger partial charge on any atom is -0.548 e. The molecule has 2 atom stereocenters. The number of hydrogen-bond donors (Lipinski definition) is 1. The van der Waals surface area contributed by atoms with Gasteiger partial charge in [0.25, 0.3) is 5.91 Å². The molecule has 1 amide bonds. The number of sulfone groups is 1. The van der Waals surface area contributed by atoms with Crippen molar-refractivity contribution in [3.8, 4) is 0 Å². The first-order chi connectivity index (χ1) is 11.1. The van der Waals surface area contributed by atoms with Crippen LogP contribution in [-0.4, -0.2) is 68.1 Å². The number of carbonyl (C=O) groups excluding carboxylic acids is 2. The van der Waals surface area contributed by atoms with Gasteiger partial charge in [-0.15, -0.1) is 5.10 Å². The van der Waals surface area contributed by atoms with Crippen LogP contribution in [0.25, 0.3) is 6.08 Å². The molecule has 3 heterocycles. The van der Waals surface area contributed by atoms with Crippen LogP contribution in [0.3, 0.4) is 0 Å². The molecule has 130 valence electrons. The molecule has 0 aromatic carbocycles. The Morgan fingerprint density at radius 1 is 1.48 bits per heavy atom. The number of aliphatic carboxylic acids is 1. The first-order valence-electron chi connectivity index (χ1n) is 7.12. The maximum Gasteiger partial charge on any atom is 1.00 e. The Hall–Kier alpha value is -1.27. The molecule has 1 aromatic heterocycles. The van der Waals surface area contributed by atoms with Crippen LogP contribution in [0.4, 0.5) is 0 Å². The molecule has 2 saturated heterocycles. The van der Waals surface area contributed by atoms with E-state index in [0.29, 0.717) is 0 Å². The third-order valence-electron chi connectivity index (χ3n) is 4.38. The second-order valence-electron chi connectivity index (χ2n) is 6.16. The number of rotatable bonds is 4. The van der Waals surface area contributed by atoms with Gasteiger partial charge in [-0.05, 0) is 19.9 Å². The number of amides is 1. The quantitative estimate of drug-likeness (QED) is 0.310. The number of fused-ring (bicyclic) bond motifs is 1. The van der Waals surface area contributed by atoms with Gasteiger partial charge in [0.2, 0.25) is 0 Å². The molecule has 2 fully saturated rings. The van der Waals surface area contributed by atoms with Crippen molar-refractivity contribution in [2.24, 2.45) is 0 Å². The normalized spacial score (nSPS) is 27.6. The third-order valence-corrected chi connectivity index (χ3v) is 7.13. The SMILES string of the molecule is CC1(C)[C@H](C(=O)[O-])N2C(=O)/C(=C\c3cn(CCO)nn3)[C@H]2S1(=O)=O.[Na+]. The molecule has 0 aliphatic carbocycles. The molecule has 0 radical (unpaired) electrons. The second-order valence-corrected chi connectivity index (χ2v) is 8.75. The van der Waals surface area contributed by atoms with Crippen LogP contribution in [-0.2, 0) is 26.0 Å². The van der Waals surface area contributed by atoms with Crippen LogP contribution in [0.5, 0.6) is 0 Å². The number of carboxylic acids is 1. The molecule has 0 unspecified atom stereocenters.